The van der Waals surface area contributed by atoms with Gasteiger partial charge in [-0.25, -0.2) is 15.8 Å². The Labute approximate surface area is 102 Å². The summed E-state index contributed by atoms with van der Waals surface area (Å²) >= 11 is 1.38. The van der Waals surface area contributed by atoms with Crippen LogP contribution < -0.4 is 11.3 Å². The van der Waals surface area contributed by atoms with Gasteiger partial charge in [0.25, 0.3) is 5.91 Å². The average molecular weight is 250 g/mol. The Kier molecular flexibility index (Phi) is 3.73. The van der Waals surface area contributed by atoms with Crippen LogP contribution in [0.3, 0.4) is 0 Å². The van der Waals surface area contributed by atoms with E-state index in [0.29, 0.717) is 22.2 Å². The topological polar surface area (TPSA) is 94.0 Å². The van der Waals surface area contributed by atoms with Crippen LogP contribution in [0.1, 0.15) is 16.1 Å². The predicted octanol–water partition coefficient (Wildman–Crippen LogP) is 0.965. The fourth-order valence-corrected chi connectivity index (χ4v) is 1.98. The number of nitrogens with one attached hydrogen (secondary N) is 1. The number of nitrogens with zero attached hydrogens (tertiary/aromatic N) is 2. The third-order valence-corrected chi connectivity index (χ3v) is 2.87. The summed E-state index contributed by atoms with van der Waals surface area (Å²) in [6.45, 7) is 0. The van der Waals surface area contributed by atoms with E-state index in [2.05, 4.69) is 15.4 Å². The second-order valence-electron chi connectivity index (χ2n) is 3.05. The zero-order valence-electron chi connectivity index (χ0n) is 8.79. The summed E-state index contributed by atoms with van der Waals surface area (Å²) in [6, 6.07) is 3.31. The Hall–Kier alpha value is -1.86. The van der Waals surface area contributed by atoms with Crippen LogP contribution in [-0.4, -0.2) is 15.9 Å². The number of aromatic nitrogens is 2. The normalized spacial score (nSPS) is 10.2. The number of carbonyl (C=O) groups is 1. The van der Waals surface area contributed by atoms with E-state index in [1.54, 1.807) is 24.5 Å². The van der Waals surface area contributed by atoms with Gasteiger partial charge in [-0.15, -0.1) is 0 Å². The molecule has 0 unspecified atom stereocenters. The number of furan rings is 1. The molecule has 2 heterocycles. The van der Waals surface area contributed by atoms with Gasteiger partial charge in [0.05, 0.1) is 17.6 Å². The molecule has 0 spiro atoms. The van der Waals surface area contributed by atoms with Crippen molar-refractivity contribution in [2.24, 2.45) is 5.84 Å². The Morgan fingerprint density at radius 3 is 2.94 bits per heavy atom. The highest BCUT2D eigenvalue weighted by atomic mass is 32.2. The van der Waals surface area contributed by atoms with Crippen LogP contribution in [0.15, 0.2) is 40.4 Å². The monoisotopic (exact) mass is 250 g/mol. The van der Waals surface area contributed by atoms with Crippen molar-refractivity contribution in [1.29, 1.82) is 0 Å². The summed E-state index contributed by atoms with van der Waals surface area (Å²) in [4.78, 5) is 19.5. The van der Waals surface area contributed by atoms with Crippen molar-refractivity contribution in [2.45, 2.75) is 10.9 Å². The quantitative estimate of drug-likeness (QED) is 0.276. The maximum absolute atomic E-state index is 11.4. The van der Waals surface area contributed by atoms with Crippen LogP contribution >= 0.6 is 11.8 Å². The maximum atomic E-state index is 11.4. The molecule has 7 heteroatoms. The van der Waals surface area contributed by atoms with Crippen LogP contribution in [0.25, 0.3) is 0 Å². The van der Waals surface area contributed by atoms with Crippen LogP contribution in [0.2, 0.25) is 0 Å². The largest absolute Gasteiger partial charge is 0.468 e. The molecule has 0 radical (unpaired) electrons. The number of carbonyl (C=O) groups excluding carboxylic acids is 1. The molecule has 1 amide bonds. The molecule has 0 atom stereocenters. The van der Waals surface area contributed by atoms with Crippen molar-refractivity contribution in [1.82, 2.24) is 15.4 Å². The molecular formula is C10H10N4O2S. The second kappa shape index (κ2) is 5.46. The first-order valence-corrected chi connectivity index (χ1v) is 5.77. The van der Waals surface area contributed by atoms with Gasteiger partial charge in [-0.05, 0) is 12.1 Å². The van der Waals surface area contributed by atoms with Crippen molar-refractivity contribution >= 4 is 17.7 Å². The zero-order valence-corrected chi connectivity index (χ0v) is 9.61. The molecule has 0 fully saturated rings. The minimum absolute atomic E-state index is 0.372. The van der Waals surface area contributed by atoms with Crippen LogP contribution in [0, 0.1) is 0 Å². The van der Waals surface area contributed by atoms with Gasteiger partial charge in [-0.3, -0.25) is 10.2 Å². The van der Waals surface area contributed by atoms with Gasteiger partial charge >= 0.3 is 0 Å². The molecule has 0 saturated heterocycles. The number of hydrazine groups is 1. The molecule has 2 aromatic heterocycles. The molecule has 88 valence electrons. The van der Waals surface area contributed by atoms with Gasteiger partial charge in [-0.1, -0.05) is 11.8 Å². The summed E-state index contributed by atoms with van der Waals surface area (Å²) in [5.41, 5.74) is 2.49. The number of rotatable bonds is 4. The lowest BCUT2D eigenvalue weighted by molar-refractivity contribution is 0.0952. The van der Waals surface area contributed by atoms with E-state index in [1.807, 2.05) is 0 Å². The Morgan fingerprint density at radius 2 is 2.24 bits per heavy atom. The third kappa shape index (κ3) is 2.83. The van der Waals surface area contributed by atoms with Gasteiger partial charge in [0.1, 0.15) is 5.76 Å². The molecule has 0 saturated carbocycles. The summed E-state index contributed by atoms with van der Waals surface area (Å²) in [7, 11) is 0. The second-order valence-corrected chi connectivity index (χ2v) is 3.99. The minimum Gasteiger partial charge on any atom is -0.468 e. The lowest BCUT2D eigenvalue weighted by atomic mass is 10.2. The highest BCUT2D eigenvalue weighted by molar-refractivity contribution is 7.98. The molecule has 6 nitrogen and oxygen atoms in total. The van der Waals surface area contributed by atoms with Crippen LogP contribution in [0.4, 0.5) is 0 Å². The van der Waals surface area contributed by atoms with Crippen molar-refractivity contribution in [3.8, 4) is 0 Å². The maximum Gasteiger partial charge on any atom is 0.268 e. The molecule has 2 aromatic rings. The van der Waals surface area contributed by atoms with Crippen LogP contribution in [-0.2, 0) is 5.75 Å². The predicted molar refractivity (Wildman–Crippen MR) is 62.0 cm³/mol. The number of hydrogen-bond acceptors (Lipinski definition) is 6. The van der Waals surface area contributed by atoms with E-state index >= 15 is 0 Å². The lowest BCUT2D eigenvalue weighted by Crippen LogP contribution is -2.30. The van der Waals surface area contributed by atoms with Gasteiger partial charge in [0.15, 0.2) is 5.16 Å². The number of amides is 1. The van der Waals surface area contributed by atoms with Gasteiger partial charge < -0.3 is 4.42 Å². The third-order valence-electron chi connectivity index (χ3n) is 2.00. The van der Waals surface area contributed by atoms with Gasteiger partial charge in [0.2, 0.25) is 0 Å². The van der Waals surface area contributed by atoms with Crippen molar-refractivity contribution < 1.29 is 9.21 Å². The van der Waals surface area contributed by atoms with Gasteiger partial charge in [-0.2, -0.15) is 0 Å². The van der Waals surface area contributed by atoms with E-state index in [0.717, 1.165) is 0 Å². The first-order chi connectivity index (χ1) is 8.31. The van der Waals surface area contributed by atoms with Crippen molar-refractivity contribution in [2.75, 3.05) is 0 Å². The Bertz CT molecular complexity index is 500. The average Bonchev–Trinajstić information content (AvgIpc) is 2.85. The summed E-state index contributed by atoms with van der Waals surface area (Å²) in [5, 5.41) is 0.628. The molecule has 0 aliphatic carbocycles. The fourth-order valence-electron chi connectivity index (χ4n) is 1.22. The number of thioether (sulfide) groups is 1. The molecular weight excluding hydrogens is 240 g/mol. The summed E-state index contributed by atoms with van der Waals surface area (Å²) in [6.07, 6.45) is 4.77. The molecule has 3 N–H and O–H groups in total. The highest BCUT2D eigenvalue weighted by Crippen LogP contribution is 2.21. The smallest absolute Gasteiger partial charge is 0.268 e. The highest BCUT2D eigenvalue weighted by Gasteiger charge is 2.13. The Balaban J connectivity index is 2.05. The Morgan fingerprint density at radius 1 is 1.47 bits per heavy atom. The SMILES string of the molecule is NNC(=O)c1ccoc1CSc1ncccn1. The lowest BCUT2D eigenvalue weighted by Gasteiger charge is -2.00. The number of nitrogen functional groups attached to an aromatic ring is 1. The van der Waals surface area contributed by atoms with Crippen molar-refractivity contribution in [3.05, 3.63) is 42.1 Å². The first-order valence-electron chi connectivity index (χ1n) is 4.78. The number of hydrogen-bond donors (Lipinski definition) is 2. The van der Waals surface area contributed by atoms with E-state index in [9.17, 15) is 4.79 Å². The number of nitrogens with two attached hydrogens (primary N) is 1. The first kappa shape index (κ1) is 11.6. The molecule has 17 heavy (non-hydrogen) atoms. The summed E-state index contributed by atoms with van der Waals surface area (Å²) in [5.74, 6) is 5.71. The van der Waals surface area contributed by atoms with Crippen molar-refractivity contribution in [3.63, 3.8) is 0 Å². The standard InChI is InChI=1S/C10H10N4O2S/c11-14-9(15)7-2-5-16-8(7)6-17-10-12-3-1-4-13-10/h1-5H,6,11H2,(H,14,15). The van der Waals surface area contributed by atoms with Crippen LogP contribution in [0.5, 0.6) is 0 Å². The molecule has 2 rings (SSSR count). The van der Waals surface area contributed by atoms with E-state index in [1.165, 1.54) is 18.0 Å². The zero-order chi connectivity index (χ0) is 12.1. The van der Waals surface area contributed by atoms with Gasteiger partial charge in [0, 0.05) is 12.4 Å². The molecule has 0 aromatic carbocycles. The molecule has 0 bridgehead atoms. The van der Waals surface area contributed by atoms with E-state index < -0.39 is 0 Å². The summed E-state index contributed by atoms with van der Waals surface area (Å²) < 4.78 is 5.22. The molecule has 0 aliphatic rings. The minimum atomic E-state index is -0.372. The van der Waals surface area contributed by atoms with E-state index in [-0.39, 0.29) is 5.91 Å². The molecule has 0 aliphatic heterocycles. The van der Waals surface area contributed by atoms with E-state index in [4.69, 9.17) is 10.3 Å². The fraction of sp³-hybridized carbons (Fsp3) is 0.100.